The van der Waals surface area contributed by atoms with Crippen molar-refractivity contribution in [2.24, 2.45) is 0 Å². The molecule has 0 radical (unpaired) electrons. The SMILES string of the molecule is O=C(Nc1cccc(CO)c1)[C@H]1CCCO1. The average molecular weight is 221 g/mol. The van der Waals surface area contributed by atoms with Crippen LogP contribution in [0.2, 0.25) is 0 Å². The number of rotatable bonds is 3. The van der Waals surface area contributed by atoms with E-state index in [0.29, 0.717) is 12.3 Å². The Hall–Kier alpha value is -1.39. The standard InChI is InChI=1S/C12H15NO3/c14-8-9-3-1-4-10(7-9)13-12(15)11-5-2-6-16-11/h1,3-4,7,11,14H,2,5-6,8H2,(H,13,15)/t11-/m1/s1. The summed E-state index contributed by atoms with van der Waals surface area (Å²) in [6.45, 7) is 0.637. The molecular weight excluding hydrogens is 206 g/mol. The zero-order valence-electron chi connectivity index (χ0n) is 8.98. The zero-order valence-corrected chi connectivity index (χ0v) is 8.98. The van der Waals surface area contributed by atoms with Gasteiger partial charge < -0.3 is 15.2 Å². The van der Waals surface area contributed by atoms with E-state index in [1.165, 1.54) is 0 Å². The second-order valence-electron chi connectivity index (χ2n) is 3.85. The Labute approximate surface area is 94.2 Å². The fourth-order valence-corrected chi connectivity index (χ4v) is 1.75. The van der Waals surface area contributed by atoms with Crippen molar-refractivity contribution in [2.75, 3.05) is 11.9 Å². The number of nitrogens with one attached hydrogen (secondary N) is 1. The largest absolute Gasteiger partial charge is 0.392 e. The lowest BCUT2D eigenvalue weighted by atomic mass is 10.2. The van der Waals surface area contributed by atoms with Crippen LogP contribution in [-0.4, -0.2) is 23.7 Å². The number of hydrogen-bond donors (Lipinski definition) is 2. The third-order valence-corrected chi connectivity index (χ3v) is 2.60. The summed E-state index contributed by atoms with van der Waals surface area (Å²) < 4.78 is 5.28. The lowest BCUT2D eigenvalue weighted by Crippen LogP contribution is -2.26. The molecule has 86 valence electrons. The quantitative estimate of drug-likeness (QED) is 0.808. The lowest BCUT2D eigenvalue weighted by molar-refractivity contribution is -0.124. The number of amides is 1. The van der Waals surface area contributed by atoms with Gasteiger partial charge in [0.2, 0.25) is 0 Å². The molecule has 1 aliphatic rings. The van der Waals surface area contributed by atoms with E-state index >= 15 is 0 Å². The summed E-state index contributed by atoms with van der Waals surface area (Å²) in [5.74, 6) is -0.104. The molecule has 2 rings (SSSR count). The van der Waals surface area contributed by atoms with Crippen LogP contribution in [0.3, 0.4) is 0 Å². The summed E-state index contributed by atoms with van der Waals surface area (Å²) in [5.41, 5.74) is 1.48. The molecular formula is C12H15NO3. The molecule has 1 aliphatic heterocycles. The molecule has 1 saturated heterocycles. The summed E-state index contributed by atoms with van der Waals surface area (Å²) in [7, 11) is 0. The first-order valence-corrected chi connectivity index (χ1v) is 5.42. The molecule has 1 aromatic carbocycles. The second-order valence-corrected chi connectivity index (χ2v) is 3.85. The van der Waals surface area contributed by atoms with Crippen LogP contribution in [0.5, 0.6) is 0 Å². The highest BCUT2D eigenvalue weighted by atomic mass is 16.5. The summed E-state index contributed by atoms with van der Waals surface area (Å²) >= 11 is 0. The van der Waals surface area contributed by atoms with Gasteiger partial charge >= 0.3 is 0 Å². The number of hydrogen-bond acceptors (Lipinski definition) is 3. The van der Waals surface area contributed by atoms with Gasteiger partial charge in [-0.1, -0.05) is 12.1 Å². The summed E-state index contributed by atoms with van der Waals surface area (Å²) in [6.07, 6.45) is 1.40. The van der Waals surface area contributed by atoms with E-state index in [4.69, 9.17) is 9.84 Å². The zero-order chi connectivity index (χ0) is 11.4. The molecule has 1 aromatic rings. The van der Waals surface area contributed by atoms with E-state index in [2.05, 4.69) is 5.32 Å². The fourth-order valence-electron chi connectivity index (χ4n) is 1.75. The molecule has 4 nitrogen and oxygen atoms in total. The van der Waals surface area contributed by atoms with Crippen LogP contribution in [0.4, 0.5) is 5.69 Å². The molecule has 0 aromatic heterocycles. The third kappa shape index (κ3) is 2.59. The number of ether oxygens (including phenoxy) is 1. The molecule has 1 atom stereocenters. The van der Waals surface area contributed by atoms with Gasteiger partial charge in [-0.05, 0) is 30.5 Å². The Kier molecular flexibility index (Phi) is 3.54. The normalized spacial score (nSPS) is 19.7. The average Bonchev–Trinajstić information content (AvgIpc) is 2.83. The third-order valence-electron chi connectivity index (χ3n) is 2.60. The summed E-state index contributed by atoms with van der Waals surface area (Å²) in [4.78, 5) is 11.7. The minimum atomic E-state index is -0.321. The van der Waals surface area contributed by atoms with Crippen LogP contribution in [0.1, 0.15) is 18.4 Å². The van der Waals surface area contributed by atoms with Crippen LogP contribution in [0, 0.1) is 0 Å². The highest BCUT2D eigenvalue weighted by Gasteiger charge is 2.23. The molecule has 1 fully saturated rings. The number of aliphatic hydroxyl groups excluding tert-OH is 1. The van der Waals surface area contributed by atoms with Crippen molar-refractivity contribution >= 4 is 11.6 Å². The molecule has 0 aliphatic carbocycles. The molecule has 2 N–H and O–H groups in total. The van der Waals surface area contributed by atoms with E-state index < -0.39 is 0 Å². The Balaban J connectivity index is 1.99. The maximum atomic E-state index is 11.7. The van der Waals surface area contributed by atoms with Gasteiger partial charge in [-0.25, -0.2) is 0 Å². The highest BCUT2D eigenvalue weighted by molar-refractivity contribution is 5.94. The van der Waals surface area contributed by atoms with E-state index in [1.54, 1.807) is 18.2 Å². The predicted molar refractivity (Wildman–Crippen MR) is 60.0 cm³/mol. The lowest BCUT2D eigenvalue weighted by Gasteiger charge is -2.10. The van der Waals surface area contributed by atoms with E-state index in [-0.39, 0.29) is 18.6 Å². The Morgan fingerprint density at radius 3 is 3.12 bits per heavy atom. The molecule has 16 heavy (non-hydrogen) atoms. The smallest absolute Gasteiger partial charge is 0.253 e. The first-order chi connectivity index (χ1) is 7.79. The van der Waals surface area contributed by atoms with Crippen molar-refractivity contribution in [2.45, 2.75) is 25.6 Å². The molecule has 0 unspecified atom stereocenters. The van der Waals surface area contributed by atoms with Crippen molar-refractivity contribution < 1.29 is 14.6 Å². The predicted octanol–water partition coefficient (Wildman–Crippen LogP) is 1.30. The molecule has 1 heterocycles. The van der Waals surface area contributed by atoms with Gasteiger partial charge in [0.05, 0.1) is 6.61 Å². The highest BCUT2D eigenvalue weighted by Crippen LogP contribution is 2.16. The van der Waals surface area contributed by atoms with Crippen molar-refractivity contribution in [1.82, 2.24) is 0 Å². The van der Waals surface area contributed by atoms with E-state index in [9.17, 15) is 4.79 Å². The van der Waals surface area contributed by atoms with Crippen LogP contribution in [0.25, 0.3) is 0 Å². The first kappa shape index (κ1) is 11.1. The molecule has 1 amide bonds. The maximum Gasteiger partial charge on any atom is 0.253 e. The molecule has 0 saturated carbocycles. The number of aliphatic hydroxyl groups is 1. The van der Waals surface area contributed by atoms with Crippen LogP contribution >= 0.6 is 0 Å². The topological polar surface area (TPSA) is 58.6 Å². The number of anilines is 1. The van der Waals surface area contributed by atoms with Gasteiger partial charge in [0, 0.05) is 12.3 Å². The first-order valence-electron chi connectivity index (χ1n) is 5.42. The van der Waals surface area contributed by atoms with Gasteiger partial charge in [0.25, 0.3) is 5.91 Å². The fraction of sp³-hybridized carbons (Fsp3) is 0.417. The Bertz CT molecular complexity index is 372. The van der Waals surface area contributed by atoms with Crippen molar-refractivity contribution in [1.29, 1.82) is 0 Å². The number of benzene rings is 1. The van der Waals surface area contributed by atoms with Crippen LogP contribution in [-0.2, 0) is 16.1 Å². The van der Waals surface area contributed by atoms with Gasteiger partial charge in [0.15, 0.2) is 0 Å². The van der Waals surface area contributed by atoms with Crippen molar-refractivity contribution in [3.63, 3.8) is 0 Å². The number of carbonyl (C=O) groups excluding carboxylic acids is 1. The van der Waals surface area contributed by atoms with Gasteiger partial charge in [-0.3, -0.25) is 4.79 Å². The number of carbonyl (C=O) groups is 1. The molecule has 0 bridgehead atoms. The maximum absolute atomic E-state index is 11.7. The van der Waals surface area contributed by atoms with Crippen LogP contribution in [0.15, 0.2) is 24.3 Å². The van der Waals surface area contributed by atoms with Crippen molar-refractivity contribution in [3.05, 3.63) is 29.8 Å². The monoisotopic (exact) mass is 221 g/mol. The summed E-state index contributed by atoms with van der Waals surface area (Å²) in [6, 6.07) is 7.16. The molecule has 0 spiro atoms. The summed E-state index contributed by atoms with van der Waals surface area (Å²) in [5, 5.41) is 11.8. The van der Waals surface area contributed by atoms with Gasteiger partial charge in [-0.15, -0.1) is 0 Å². The van der Waals surface area contributed by atoms with E-state index in [1.807, 2.05) is 6.07 Å². The minimum absolute atomic E-state index is 0.0242. The van der Waals surface area contributed by atoms with Gasteiger partial charge in [0.1, 0.15) is 6.10 Å². The van der Waals surface area contributed by atoms with Crippen LogP contribution < -0.4 is 5.32 Å². The minimum Gasteiger partial charge on any atom is -0.392 e. The second kappa shape index (κ2) is 5.09. The van der Waals surface area contributed by atoms with Gasteiger partial charge in [-0.2, -0.15) is 0 Å². The Morgan fingerprint density at radius 1 is 1.56 bits per heavy atom. The van der Waals surface area contributed by atoms with E-state index in [0.717, 1.165) is 18.4 Å². The Morgan fingerprint density at radius 2 is 2.44 bits per heavy atom. The molecule has 4 heteroatoms. The van der Waals surface area contributed by atoms with Crippen molar-refractivity contribution in [3.8, 4) is 0 Å².